The first-order chi connectivity index (χ1) is 14.2. The first kappa shape index (κ1) is 22.5. The number of carboxylic acids is 1. The van der Waals surface area contributed by atoms with Gasteiger partial charge in [-0.1, -0.05) is 29.8 Å². The lowest BCUT2D eigenvalue weighted by molar-refractivity contribution is -0.141. The summed E-state index contributed by atoms with van der Waals surface area (Å²) in [5.41, 5.74) is 0.520. The summed E-state index contributed by atoms with van der Waals surface area (Å²) >= 11 is 7.00. The van der Waals surface area contributed by atoms with Crippen molar-refractivity contribution in [2.75, 3.05) is 12.3 Å². The molecule has 0 aliphatic carbocycles. The summed E-state index contributed by atoms with van der Waals surface area (Å²) < 4.78 is 40.0. The third kappa shape index (κ3) is 5.12. The maximum atomic E-state index is 13.1. The number of sulfonamides is 1. The zero-order valence-electron chi connectivity index (χ0n) is 15.5. The topological polar surface area (TPSA) is 104 Å². The largest absolute Gasteiger partial charge is 0.480 e. The van der Waals surface area contributed by atoms with Gasteiger partial charge in [0.05, 0.1) is 4.90 Å². The standard InChI is InChI=1S/C19H18ClFN2O5S2/c20-13-2-1-3-15(11-13)30(27,28)23-8-9-29-18(23)17(24)22-16(19(25)26)10-12-4-6-14(21)7-5-12/h1-7,11,16,18H,8-10H2,(H,22,24)(H,25,26)/t16-,18-/m0/s1. The van der Waals surface area contributed by atoms with Gasteiger partial charge in [0.15, 0.2) is 0 Å². The van der Waals surface area contributed by atoms with Gasteiger partial charge < -0.3 is 10.4 Å². The second kappa shape index (κ2) is 9.34. The molecular formula is C19H18ClFN2O5S2. The van der Waals surface area contributed by atoms with E-state index in [-0.39, 0.29) is 22.9 Å². The van der Waals surface area contributed by atoms with E-state index in [1.807, 2.05) is 0 Å². The number of rotatable bonds is 7. The van der Waals surface area contributed by atoms with Crippen LogP contribution in [0, 0.1) is 5.82 Å². The predicted octanol–water partition coefficient (Wildman–Crippen LogP) is 2.35. The molecule has 2 aromatic rings. The summed E-state index contributed by atoms with van der Waals surface area (Å²) in [6.07, 6.45) is -0.0697. The fourth-order valence-electron chi connectivity index (χ4n) is 2.97. The van der Waals surface area contributed by atoms with Crippen molar-refractivity contribution in [3.63, 3.8) is 0 Å². The summed E-state index contributed by atoms with van der Waals surface area (Å²) in [4.78, 5) is 24.3. The number of halogens is 2. The molecule has 1 amide bonds. The van der Waals surface area contributed by atoms with Gasteiger partial charge in [-0.05, 0) is 35.9 Å². The first-order valence-corrected chi connectivity index (χ1v) is 11.7. The summed E-state index contributed by atoms with van der Waals surface area (Å²) in [7, 11) is -4.00. The second-order valence-electron chi connectivity index (χ2n) is 6.53. The molecule has 1 saturated heterocycles. The Kier molecular flexibility index (Phi) is 7.02. The summed E-state index contributed by atoms with van der Waals surface area (Å²) in [6.45, 7) is 0.104. The van der Waals surface area contributed by atoms with Gasteiger partial charge in [0, 0.05) is 23.7 Å². The van der Waals surface area contributed by atoms with Crippen LogP contribution in [-0.4, -0.2) is 53.4 Å². The van der Waals surface area contributed by atoms with Crippen LogP contribution in [0.15, 0.2) is 53.4 Å². The highest BCUT2D eigenvalue weighted by atomic mass is 35.5. The highest BCUT2D eigenvalue weighted by Gasteiger charge is 2.41. The van der Waals surface area contributed by atoms with E-state index < -0.39 is 39.1 Å². The van der Waals surface area contributed by atoms with Gasteiger partial charge in [0.25, 0.3) is 0 Å². The highest BCUT2D eigenvalue weighted by molar-refractivity contribution is 8.02. The van der Waals surface area contributed by atoms with Gasteiger partial charge in [-0.25, -0.2) is 17.6 Å². The van der Waals surface area contributed by atoms with E-state index in [0.717, 1.165) is 16.1 Å². The minimum absolute atomic E-state index is 0.0450. The van der Waals surface area contributed by atoms with Crippen LogP contribution in [0.4, 0.5) is 4.39 Å². The number of benzene rings is 2. The molecule has 1 fully saturated rings. The Morgan fingerprint density at radius 2 is 1.97 bits per heavy atom. The molecule has 0 radical (unpaired) electrons. The third-order valence-corrected chi connectivity index (χ3v) is 7.88. The molecule has 3 rings (SSSR count). The van der Waals surface area contributed by atoms with Crippen LogP contribution in [0.1, 0.15) is 5.56 Å². The van der Waals surface area contributed by atoms with Gasteiger partial charge in [-0.15, -0.1) is 11.8 Å². The Labute approximate surface area is 182 Å². The molecule has 30 heavy (non-hydrogen) atoms. The molecule has 160 valence electrons. The van der Waals surface area contributed by atoms with Crippen LogP contribution in [0.2, 0.25) is 5.02 Å². The number of amides is 1. The number of aliphatic carboxylic acids is 1. The Balaban J connectivity index is 1.77. The van der Waals surface area contributed by atoms with Crippen LogP contribution in [0.3, 0.4) is 0 Å². The predicted molar refractivity (Wildman–Crippen MR) is 111 cm³/mol. The number of nitrogens with one attached hydrogen (secondary N) is 1. The lowest BCUT2D eigenvalue weighted by Crippen LogP contribution is -2.50. The molecule has 2 N–H and O–H groups in total. The number of carbonyl (C=O) groups is 2. The van der Waals surface area contributed by atoms with Crippen molar-refractivity contribution >= 4 is 45.3 Å². The smallest absolute Gasteiger partial charge is 0.326 e. The molecule has 0 bridgehead atoms. The molecule has 1 aliphatic rings. The number of carboxylic acid groups (broad SMARTS) is 1. The molecular weight excluding hydrogens is 455 g/mol. The molecule has 0 aromatic heterocycles. The minimum atomic E-state index is -4.00. The zero-order chi connectivity index (χ0) is 21.9. The SMILES string of the molecule is O=C(O)[C@H](Cc1ccc(F)cc1)NC(=O)[C@@H]1SCCN1S(=O)(=O)c1cccc(Cl)c1. The van der Waals surface area contributed by atoms with E-state index in [4.69, 9.17) is 11.6 Å². The molecule has 0 saturated carbocycles. The molecule has 2 aromatic carbocycles. The minimum Gasteiger partial charge on any atom is -0.480 e. The van der Waals surface area contributed by atoms with E-state index in [2.05, 4.69) is 5.32 Å². The van der Waals surface area contributed by atoms with Crippen LogP contribution in [0.25, 0.3) is 0 Å². The monoisotopic (exact) mass is 472 g/mol. The number of hydrogen-bond donors (Lipinski definition) is 2. The lowest BCUT2D eigenvalue weighted by atomic mass is 10.1. The molecule has 1 heterocycles. The van der Waals surface area contributed by atoms with Crippen LogP contribution in [-0.2, 0) is 26.0 Å². The van der Waals surface area contributed by atoms with Gasteiger partial charge in [-0.2, -0.15) is 4.31 Å². The van der Waals surface area contributed by atoms with Crippen LogP contribution in [0.5, 0.6) is 0 Å². The third-order valence-electron chi connectivity index (χ3n) is 4.44. The zero-order valence-corrected chi connectivity index (χ0v) is 17.9. The average molecular weight is 473 g/mol. The summed E-state index contributed by atoms with van der Waals surface area (Å²) in [5.74, 6) is -2.08. The molecule has 0 unspecified atom stereocenters. The molecule has 11 heteroatoms. The van der Waals surface area contributed by atoms with E-state index in [9.17, 15) is 27.5 Å². The van der Waals surface area contributed by atoms with Crippen LogP contribution < -0.4 is 5.32 Å². The van der Waals surface area contributed by atoms with Crippen molar-refractivity contribution in [3.8, 4) is 0 Å². The number of thioether (sulfide) groups is 1. The number of nitrogens with zero attached hydrogens (tertiary/aromatic N) is 1. The number of hydrogen-bond acceptors (Lipinski definition) is 5. The maximum absolute atomic E-state index is 13.1. The Morgan fingerprint density at radius 1 is 1.27 bits per heavy atom. The Bertz CT molecular complexity index is 1050. The second-order valence-corrected chi connectivity index (χ2v) is 10.0. The van der Waals surface area contributed by atoms with E-state index in [1.54, 1.807) is 0 Å². The average Bonchev–Trinajstić information content (AvgIpc) is 3.20. The van der Waals surface area contributed by atoms with E-state index >= 15 is 0 Å². The quantitative estimate of drug-likeness (QED) is 0.641. The van der Waals surface area contributed by atoms with E-state index in [0.29, 0.717) is 11.3 Å². The van der Waals surface area contributed by atoms with Crippen molar-refractivity contribution in [2.24, 2.45) is 0 Å². The van der Waals surface area contributed by atoms with Crippen molar-refractivity contribution in [2.45, 2.75) is 22.7 Å². The molecule has 1 aliphatic heterocycles. The lowest BCUT2D eigenvalue weighted by Gasteiger charge is -2.24. The molecule has 7 nitrogen and oxygen atoms in total. The van der Waals surface area contributed by atoms with E-state index in [1.165, 1.54) is 48.5 Å². The summed E-state index contributed by atoms with van der Waals surface area (Å²) in [5, 5.41) is 11.0. The van der Waals surface area contributed by atoms with Gasteiger partial charge in [0.2, 0.25) is 15.9 Å². The molecule has 2 atom stereocenters. The molecule has 0 spiro atoms. The highest BCUT2D eigenvalue weighted by Crippen LogP contribution is 2.31. The van der Waals surface area contributed by atoms with Gasteiger partial charge in [0.1, 0.15) is 17.2 Å². The Hall–Kier alpha value is -2.14. The first-order valence-electron chi connectivity index (χ1n) is 8.85. The fourth-order valence-corrected chi connectivity index (χ4v) is 6.36. The van der Waals surface area contributed by atoms with Gasteiger partial charge in [-0.3, -0.25) is 4.79 Å². The fraction of sp³-hybridized carbons (Fsp3) is 0.263. The van der Waals surface area contributed by atoms with Gasteiger partial charge >= 0.3 is 5.97 Å². The summed E-state index contributed by atoms with van der Waals surface area (Å²) in [6, 6.07) is 9.67. The number of carbonyl (C=O) groups excluding carboxylic acids is 1. The van der Waals surface area contributed by atoms with Crippen molar-refractivity contribution in [3.05, 3.63) is 64.9 Å². The van der Waals surface area contributed by atoms with Crippen molar-refractivity contribution in [1.82, 2.24) is 9.62 Å². The normalized spacial score (nSPS) is 18.1. The van der Waals surface area contributed by atoms with Crippen molar-refractivity contribution in [1.29, 1.82) is 0 Å². The Morgan fingerprint density at radius 3 is 2.60 bits per heavy atom. The van der Waals surface area contributed by atoms with Crippen molar-refractivity contribution < 1.29 is 27.5 Å². The maximum Gasteiger partial charge on any atom is 0.326 e. The van der Waals surface area contributed by atoms with Crippen LogP contribution >= 0.6 is 23.4 Å².